The number of nitrogen functional groups attached to an aromatic ring is 2. The van der Waals surface area contributed by atoms with Gasteiger partial charge in [-0.3, -0.25) is 14.5 Å². The first-order chi connectivity index (χ1) is 17.8. The lowest BCUT2D eigenvalue weighted by Gasteiger charge is -2.50. The number of carboxylic acids is 1. The van der Waals surface area contributed by atoms with Crippen LogP contribution in [0.1, 0.15) is 5.82 Å². The maximum atomic E-state index is 13.0. The molecular formula is C22H20N8O6S. The zero-order valence-corrected chi connectivity index (χ0v) is 20.1. The minimum atomic E-state index is -1.48. The minimum Gasteiger partial charge on any atom is -0.543 e. The van der Waals surface area contributed by atoms with Gasteiger partial charge in [0.15, 0.2) is 18.9 Å². The molecule has 1 fully saturated rings. The van der Waals surface area contributed by atoms with Crippen LogP contribution in [0.3, 0.4) is 0 Å². The lowest BCUT2D eigenvalue weighted by atomic mass is 10.0. The van der Waals surface area contributed by atoms with Gasteiger partial charge in [-0.05, 0) is 12.1 Å². The number of β-lactam (4-membered cyclic amide) rings is 1. The number of aromatic nitrogens is 3. The van der Waals surface area contributed by atoms with Gasteiger partial charge in [0, 0.05) is 33.9 Å². The summed E-state index contributed by atoms with van der Waals surface area (Å²) in [5.41, 5.74) is 12.0. The molecule has 5 N–H and O–H groups in total. The quantitative estimate of drug-likeness (QED) is 0.103. The summed E-state index contributed by atoms with van der Waals surface area (Å²) in [5.74, 6) is -2.84. The van der Waals surface area contributed by atoms with Crippen LogP contribution in [0.5, 0.6) is 0 Å². The molecule has 37 heavy (non-hydrogen) atoms. The number of carbonyl (C=O) groups is 3. The van der Waals surface area contributed by atoms with E-state index < -0.39 is 29.2 Å². The molecule has 4 heterocycles. The summed E-state index contributed by atoms with van der Waals surface area (Å²) in [6.07, 6.45) is 3.64. The van der Waals surface area contributed by atoms with Gasteiger partial charge >= 0.3 is 6.01 Å². The molecule has 5 rings (SSSR count). The average molecular weight is 525 g/mol. The third-order valence-corrected chi connectivity index (χ3v) is 7.20. The number of rotatable bonds is 7. The van der Waals surface area contributed by atoms with Gasteiger partial charge in [-0.25, -0.2) is 4.57 Å². The van der Waals surface area contributed by atoms with Gasteiger partial charge < -0.3 is 36.0 Å². The first-order valence-electron chi connectivity index (χ1n) is 10.9. The maximum Gasteiger partial charge on any atom is 0.319 e. The summed E-state index contributed by atoms with van der Waals surface area (Å²) in [5, 5.41) is 22.8. The van der Waals surface area contributed by atoms with E-state index in [-0.39, 0.29) is 29.8 Å². The minimum absolute atomic E-state index is 0.212. The van der Waals surface area contributed by atoms with E-state index in [1.165, 1.54) is 18.9 Å². The summed E-state index contributed by atoms with van der Waals surface area (Å²) in [6.45, 7) is 0.221. The first-order valence-corrected chi connectivity index (χ1v) is 11.9. The number of carbonyl (C=O) groups excluding carboxylic acids is 3. The van der Waals surface area contributed by atoms with E-state index in [2.05, 4.69) is 30.0 Å². The van der Waals surface area contributed by atoms with Crippen molar-refractivity contribution in [3.63, 3.8) is 0 Å². The van der Waals surface area contributed by atoms with E-state index in [4.69, 9.17) is 11.5 Å². The van der Waals surface area contributed by atoms with E-state index in [0.717, 1.165) is 15.7 Å². The molecule has 0 saturated carbocycles. The van der Waals surface area contributed by atoms with Crippen molar-refractivity contribution in [3.05, 3.63) is 53.8 Å². The predicted molar refractivity (Wildman–Crippen MR) is 128 cm³/mol. The topological polar surface area (TPSA) is 206 Å². The van der Waals surface area contributed by atoms with Crippen LogP contribution in [0.25, 0.3) is 10.8 Å². The molecule has 2 aliphatic rings. The Labute approximate surface area is 212 Å². The molecule has 0 aliphatic carbocycles. The smallest absolute Gasteiger partial charge is 0.319 e. The Kier molecular flexibility index (Phi) is 6.12. The van der Waals surface area contributed by atoms with E-state index in [1.807, 2.05) is 29.0 Å². The first kappa shape index (κ1) is 24.1. The second-order valence-corrected chi connectivity index (χ2v) is 9.25. The fraction of sp³-hybridized carbons (Fsp3) is 0.227. The number of nitrogens with zero attached hydrogens (tertiary/aromatic N) is 5. The Morgan fingerprint density at radius 3 is 2.89 bits per heavy atom. The number of nitrogens with one attached hydrogen (secondary N) is 1. The van der Waals surface area contributed by atoms with Crippen molar-refractivity contribution in [2.24, 2.45) is 5.16 Å². The summed E-state index contributed by atoms with van der Waals surface area (Å²) >= 11 is 1.31. The number of hydrogen-bond donors (Lipinski definition) is 3. The number of nitrogens with two attached hydrogens (primary N) is 2. The second-order valence-electron chi connectivity index (χ2n) is 8.15. The molecule has 2 aromatic heterocycles. The van der Waals surface area contributed by atoms with Crippen LogP contribution in [0.2, 0.25) is 0 Å². The summed E-state index contributed by atoms with van der Waals surface area (Å²) in [7, 11) is 1.21. The number of thioether (sulfide) groups is 1. The van der Waals surface area contributed by atoms with E-state index in [1.54, 1.807) is 12.3 Å². The normalized spacial score (nSPS) is 19.4. The lowest BCUT2D eigenvalue weighted by molar-refractivity contribution is -0.687. The molecule has 3 aromatic rings. The van der Waals surface area contributed by atoms with Crippen molar-refractivity contribution in [1.29, 1.82) is 0 Å². The number of anilines is 2. The molecule has 15 heteroatoms. The number of benzene rings is 1. The number of oxime groups is 1. The molecule has 14 nitrogen and oxygen atoms in total. The van der Waals surface area contributed by atoms with Crippen LogP contribution in [-0.2, 0) is 25.8 Å². The zero-order valence-electron chi connectivity index (χ0n) is 19.3. The molecule has 2 atom stereocenters. The molecule has 0 bridgehead atoms. The molecule has 0 radical (unpaired) electrons. The van der Waals surface area contributed by atoms with Gasteiger partial charge in [0.2, 0.25) is 11.5 Å². The highest BCUT2D eigenvalue weighted by Crippen LogP contribution is 2.40. The number of fused-ring (bicyclic) bond motifs is 2. The molecule has 1 aromatic carbocycles. The van der Waals surface area contributed by atoms with Crippen LogP contribution in [0.15, 0.2) is 57.6 Å². The largest absolute Gasteiger partial charge is 0.543 e. The van der Waals surface area contributed by atoms with Crippen LogP contribution in [0, 0.1) is 0 Å². The SMILES string of the molecule is CO/N=C(\C(=O)NC1C(=O)N2C(C(=O)[O-])=C(C[n+]3ccc4c(N)cccc4c3)CS[C@H]12)c1noc(N)n1. The maximum absolute atomic E-state index is 13.0. The molecule has 1 saturated heterocycles. The average Bonchev–Trinajstić information content (AvgIpc) is 3.31. The fourth-order valence-corrected chi connectivity index (χ4v) is 5.56. The highest BCUT2D eigenvalue weighted by molar-refractivity contribution is 8.00. The van der Waals surface area contributed by atoms with Crippen molar-refractivity contribution in [2.75, 3.05) is 24.3 Å². The van der Waals surface area contributed by atoms with E-state index in [9.17, 15) is 19.5 Å². The number of amides is 2. The number of carboxylic acid groups (broad SMARTS) is 1. The number of hydrogen-bond acceptors (Lipinski definition) is 12. The van der Waals surface area contributed by atoms with Crippen molar-refractivity contribution >= 4 is 57.7 Å². The van der Waals surface area contributed by atoms with Crippen LogP contribution >= 0.6 is 11.8 Å². The number of pyridine rings is 1. The Bertz CT molecular complexity index is 1500. The number of aliphatic carboxylic acids is 1. The van der Waals surface area contributed by atoms with Crippen LogP contribution < -0.4 is 26.5 Å². The summed E-state index contributed by atoms with van der Waals surface area (Å²) in [4.78, 5) is 47.4. The third kappa shape index (κ3) is 4.29. The van der Waals surface area contributed by atoms with Crippen molar-refractivity contribution < 1.29 is 33.4 Å². The molecule has 0 spiro atoms. The fourth-order valence-electron chi connectivity index (χ4n) is 4.23. The van der Waals surface area contributed by atoms with Crippen molar-refractivity contribution in [3.8, 4) is 0 Å². The molecular weight excluding hydrogens is 504 g/mol. The highest BCUT2D eigenvalue weighted by Gasteiger charge is 2.53. The van der Waals surface area contributed by atoms with E-state index in [0.29, 0.717) is 17.0 Å². The van der Waals surface area contributed by atoms with Gasteiger partial charge in [-0.15, -0.1) is 11.8 Å². The van der Waals surface area contributed by atoms with Crippen molar-refractivity contribution in [1.82, 2.24) is 20.4 Å². The van der Waals surface area contributed by atoms with Gasteiger partial charge in [-0.2, -0.15) is 4.98 Å². The highest BCUT2D eigenvalue weighted by atomic mass is 32.2. The Morgan fingerprint density at radius 2 is 2.19 bits per heavy atom. The van der Waals surface area contributed by atoms with Gasteiger partial charge in [0.05, 0.1) is 11.7 Å². The van der Waals surface area contributed by atoms with E-state index >= 15 is 0 Å². The molecule has 1 unspecified atom stereocenters. The predicted octanol–water partition coefficient (Wildman–Crippen LogP) is -1.87. The van der Waals surface area contributed by atoms with Crippen molar-refractivity contribution in [2.45, 2.75) is 18.0 Å². The molecule has 2 aliphatic heterocycles. The molecule has 190 valence electrons. The van der Waals surface area contributed by atoms with Gasteiger partial charge in [0.1, 0.15) is 18.5 Å². The van der Waals surface area contributed by atoms with Gasteiger partial charge in [-0.1, -0.05) is 16.4 Å². The monoisotopic (exact) mass is 524 g/mol. The Morgan fingerprint density at radius 1 is 1.38 bits per heavy atom. The lowest BCUT2D eigenvalue weighted by Crippen LogP contribution is -2.71. The van der Waals surface area contributed by atoms with Crippen LogP contribution in [0.4, 0.5) is 11.7 Å². The Balaban J connectivity index is 1.36. The summed E-state index contributed by atoms with van der Waals surface area (Å²) < 4.78 is 6.47. The summed E-state index contributed by atoms with van der Waals surface area (Å²) in [6, 6.07) is 6.07. The van der Waals surface area contributed by atoms with Gasteiger partial charge in [0.25, 0.3) is 11.8 Å². The Hall–Kier alpha value is -4.66. The molecule has 2 amide bonds. The second kappa shape index (κ2) is 9.42. The zero-order chi connectivity index (χ0) is 26.3. The third-order valence-electron chi connectivity index (χ3n) is 5.86. The standard InChI is InChI=1S/C22H20N8O6S/c1-35-27-14(17-26-22(24)36-28-17)18(31)25-15-19(32)30-16(21(33)34)11(9-37-20(15)30)8-29-6-5-12-10(7-29)3-2-4-13(12)23/h2-7,15,20H,8-9,23H2,1H3,(H3-,24,25,26,28,31,33,34)/b27-14-/t15?,20-/m1/s1. The van der Waals surface area contributed by atoms with Crippen LogP contribution in [-0.4, -0.2) is 62.8 Å².